The second kappa shape index (κ2) is 6.29. The molecule has 1 unspecified atom stereocenters. The normalized spacial score (nSPS) is 13.0. The lowest BCUT2D eigenvalue weighted by molar-refractivity contribution is 0.224. The summed E-state index contributed by atoms with van der Waals surface area (Å²) < 4.78 is 5.20. The van der Waals surface area contributed by atoms with Gasteiger partial charge in [-0.3, -0.25) is 0 Å². The summed E-state index contributed by atoms with van der Waals surface area (Å²) in [5.74, 6) is 0.657. The molecule has 0 saturated heterocycles. The first-order chi connectivity index (χ1) is 10.1. The lowest BCUT2D eigenvalue weighted by Crippen LogP contribution is -2.36. The molecule has 4 heteroatoms. The molecule has 2 N–H and O–H groups in total. The van der Waals surface area contributed by atoms with Crippen LogP contribution in [0.25, 0.3) is 0 Å². The second-order valence-corrected chi connectivity index (χ2v) is 5.00. The average molecular weight is 282 g/mol. The number of aliphatic hydroxyl groups is 1. The van der Waals surface area contributed by atoms with E-state index in [1.807, 2.05) is 37.3 Å². The number of hydrogen-bond acceptors (Lipinski definition) is 4. The molecule has 0 heterocycles. The maximum Gasteiger partial charge on any atom is 0.121 e. The molecule has 21 heavy (non-hydrogen) atoms. The SMILES string of the molecule is COc1ccc(C#N)c(NC(C)(CO)c2ccccc2)c1. The van der Waals surface area contributed by atoms with E-state index < -0.39 is 5.54 Å². The first kappa shape index (κ1) is 14.9. The predicted molar refractivity (Wildman–Crippen MR) is 82.2 cm³/mol. The fraction of sp³-hybridized carbons (Fsp3) is 0.235. The topological polar surface area (TPSA) is 65.3 Å². The van der Waals surface area contributed by atoms with E-state index in [0.717, 1.165) is 5.56 Å². The van der Waals surface area contributed by atoms with Gasteiger partial charge in [0, 0.05) is 6.07 Å². The van der Waals surface area contributed by atoms with Crippen LogP contribution in [0.5, 0.6) is 5.75 Å². The summed E-state index contributed by atoms with van der Waals surface area (Å²) in [7, 11) is 1.58. The number of nitrogens with one attached hydrogen (secondary N) is 1. The van der Waals surface area contributed by atoms with Crippen LogP contribution >= 0.6 is 0 Å². The summed E-state index contributed by atoms with van der Waals surface area (Å²) in [6, 6.07) is 17.0. The minimum absolute atomic E-state index is 0.0981. The van der Waals surface area contributed by atoms with Crippen LogP contribution in [-0.4, -0.2) is 18.8 Å². The zero-order valence-corrected chi connectivity index (χ0v) is 12.1. The molecule has 0 saturated carbocycles. The molecule has 2 rings (SSSR count). The van der Waals surface area contributed by atoms with Gasteiger partial charge in [0.15, 0.2) is 0 Å². The Kier molecular flexibility index (Phi) is 4.46. The molecular weight excluding hydrogens is 264 g/mol. The number of nitrogens with zero attached hydrogens (tertiary/aromatic N) is 1. The Bertz CT molecular complexity index is 650. The van der Waals surface area contributed by atoms with E-state index in [1.165, 1.54) is 0 Å². The molecule has 2 aromatic rings. The number of nitriles is 1. The van der Waals surface area contributed by atoms with Gasteiger partial charge >= 0.3 is 0 Å². The van der Waals surface area contributed by atoms with E-state index in [2.05, 4.69) is 11.4 Å². The van der Waals surface area contributed by atoms with Crippen molar-refractivity contribution in [2.75, 3.05) is 19.0 Å². The van der Waals surface area contributed by atoms with Crippen molar-refractivity contribution in [1.82, 2.24) is 0 Å². The number of hydrogen-bond donors (Lipinski definition) is 2. The van der Waals surface area contributed by atoms with Gasteiger partial charge in [0.05, 0.1) is 30.5 Å². The monoisotopic (exact) mass is 282 g/mol. The van der Waals surface area contributed by atoms with Crippen LogP contribution in [0.4, 0.5) is 5.69 Å². The molecule has 0 aliphatic heterocycles. The lowest BCUT2D eigenvalue weighted by Gasteiger charge is -2.31. The molecule has 0 aliphatic rings. The third-order valence-electron chi connectivity index (χ3n) is 3.48. The Labute approximate surface area is 124 Å². The molecule has 0 aromatic heterocycles. The molecule has 0 fully saturated rings. The fourth-order valence-corrected chi connectivity index (χ4v) is 2.16. The Morgan fingerprint density at radius 1 is 1.24 bits per heavy atom. The summed E-state index contributed by atoms with van der Waals surface area (Å²) in [6.07, 6.45) is 0. The van der Waals surface area contributed by atoms with Gasteiger partial charge in [-0.1, -0.05) is 30.3 Å². The van der Waals surface area contributed by atoms with Crippen LogP contribution in [0, 0.1) is 11.3 Å². The van der Waals surface area contributed by atoms with E-state index in [0.29, 0.717) is 17.0 Å². The second-order valence-electron chi connectivity index (χ2n) is 5.00. The Morgan fingerprint density at radius 2 is 1.95 bits per heavy atom. The number of aliphatic hydroxyl groups excluding tert-OH is 1. The van der Waals surface area contributed by atoms with Crippen molar-refractivity contribution in [3.63, 3.8) is 0 Å². The molecule has 4 nitrogen and oxygen atoms in total. The van der Waals surface area contributed by atoms with Crippen LogP contribution in [0.2, 0.25) is 0 Å². The highest BCUT2D eigenvalue weighted by Gasteiger charge is 2.26. The molecule has 0 amide bonds. The molecule has 1 atom stereocenters. The summed E-state index contributed by atoms with van der Waals surface area (Å²) in [5, 5.41) is 22.3. The first-order valence-electron chi connectivity index (χ1n) is 6.65. The van der Waals surface area contributed by atoms with E-state index in [9.17, 15) is 10.4 Å². The van der Waals surface area contributed by atoms with Gasteiger partial charge in [-0.05, 0) is 24.6 Å². The van der Waals surface area contributed by atoms with E-state index in [4.69, 9.17) is 4.74 Å². The van der Waals surface area contributed by atoms with Crippen molar-refractivity contribution >= 4 is 5.69 Å². The minimum Gasteiger partial charge on any atom is -0.497 e. The molecule has 0 radical (unpaired) electrons. The number of benzene rings is 2. The van der Waals surface area contributed by atoms with Crippen molar-refractivity contribution in [1.29, 1.82) is 5.26 Å². The zero-order chi connectivity index (χ0) is 15.3. The number of anilines is 1. The van der Waals surface area contributed by atoms with Crippen molar-refractivity contribution in [2.45, 2.75) is 12.5 Å². The fourth-order valence-electron chi connectivity index (χ4n) is 2.16. The van der Waals surface area contributed by atoms with Crippen LogP contribution in [0.3, 0.4) is 0 Å². The van der Waals surface area contributed by atoms with Gasteiger partial charge in [0.1, 0.15) is 11.8 Å². The van der Waals surface area contributed by atoms with Crippen LogP contribution in [0.15, 0.2) is 48.5 Å². The van der Waals surface area contributed by atoms with E-state index in [1.54, 1.807) is 25.3 Å². The molecular formula is C17H18N2O2. The van der Waals surface area contributed by atoms with Gasteiger partial charge in [-0.25, -0.2) is 0 Å². The van der Waals surface area contributed by atoms with Crippen molar-refractivity contribution in [3.8, 4) is 11.8 Å². The van der Waals surface area contributed by atoms with Crippen LogP contribution in [0.1, 0.15) is 18.1 Å². The van der Waals surface area contributed by atoms with Crippen molar-refractivity contribution in [2.24, 2.45) is 0 Å². The maximum atomic E-state index is 9.81. The summed E-state index contributed by atoms with van der Waals surface area (Å²) in [6.45, 7) is 1.79. The Hall–Kier alpha value is -2.51. The van der Waals surface area contributed by atoms with Gasteiger partial charge in [-0.2, -0.15) is 5.26 Å². The zero-order valence-electron chi connectivity index (χ0n) is 12.1. The molecule has 0 aliphatic carbocycles. The number of ether oxygens (including phenoxy) is 1. The molecule has 0 spiro atoms. The highest BCUT2D eigenvalue weighted by Crippen LogP contribution is 2.30. The van der Waals surface area contributed by atoms with Crippen LogP contribution in [-0.2, 0) is 5.54 Å². The summed E-state index contributed by atoms with van der Waals surface area (Å²) in [4.78, 5) is 0. The summed E-state index contributed by atoms with van der Waals surface area (Å²) in [5.41, 5.74) is 1.40. The van der Waals surface area contributed by atoms with Gasteiger partial charge in [0.2, 0.25) is 0 Å². The highest BCUT2D eigenvalue weighted by atomic mass is 16.5. The Balaban J connectivity index is 2.41. The highest BCUT2D eigenvalue weighted by molar-refractivity contribution is 5.62. The van der Waals surface area contributed by atoms with E-state index >= 15 is 0 Å². The largest absolute Gasteiger partial charge is 0.497 e. The van der Waals surface area contributed by atoms with Crippen molar-refractivity contribution < 1.29 is 9.84 Å². The van der Waals surface area contributed by atoms with Crippen molar-refractivity contribution in [3.05, 3.63) is 59.7 Å². The Morgan fingerprint density at radius 3 is 2.52 bits per heavy atom. The van der Waals surface area contributed by atoms with Gasteiger partial charge in [0.25, 0.3) is 0 Å². The minimum atomic E-state index is -0.681. The van der Waals surface area contributed by atoms with Crippen LogP contribution < -0.4 is 10.1 Å². The number of rotatable bonds is 5. The van der Waals surface area contributed by atoms with E-state index in [-0.39, 0.29) is 6.61 Å². The molecule has 0 bridgehead atoms. The maximum absolute atomic E-state index is 9.81. The lowest BCUT2D eigenvalue weighted by atomic mass is 9.92. The third kappa shape index (κ3) is 3.15. The van der Waals surface area contributed by atoms with Gasteiger partial charge in [-0.15, -0.1) is 0 Å². The standard InChI is InChI=1S/C17H18N2O2/c1-17(12-20,14-6-4-3-5-7-14)19-16-10-15(21-2)9-8-13(16)11-18/h3-10,19-20H,12H2,1-2H3. The quantitative estimate of drug-likeness (QED) is 0.885. The van der Waals surface area contributed by atoms with Gasteiger partial charge < -0.3 is 15.2 Å². The average Bonchev–Trinajstić information content (AvgIpc) is 2.55. The molecule has 108 valence electrons. The predicted octanol–water partition coefficient (Wildman–Crippen LogP) is 2.89. The smallest absolute Gasteiger partial charge is 0.121 e. The summed E-state index contributed by atoms with van der Waals surface area (Å²) >= 11 is 0. The first-order valence-corrected chi connectivity index (χ1v) is 6.65. The number of methoxy groups -OCH3 is 1. The molecule has 2 aromatic carbocycles. The third-order valence-corrected chi connectivity index (χ3v) is 3.48.